The lowest BCUT2D eigenvalue weighted by molar-refractivity contribution is -0.121. The van der Waals surface area contributed by atoms with Crippen molar-refractivity contribution >= 4 is 5.78 Å². The minimum Gasteiger partial charge on any atom is -0.300 e. The van der Waals surface area contributed by atoms with Crippen LogP contribution in [0, 0.1) is 17.3 Å². The van der Waals surface area contributed by atoms with E-state index in [-0.39, 0.29) is 0 Å². The van der Waals surface area contributed by atoms with Gasteiger partial charge in [0.05, 0.1) is 0 Å². The molecule has 0 saturated heterocycles. The molecule has 0 unspecified atom stereocenters. The van der Waals surface area contributed by atoms with E-state index in [2.05, 4.69) is 27.7 Å². The number of carbonyl (C=O) groups is 1. The molecule has 0 spiro atoms. The fraction of sp³-hybridized carbons (Fsp3) is 0.923. The molecule has 0 aromatic heterocycles. The largest absolute Gasteiger partial charge is 0.300 e. The fourth-order valence-electron chi connectivity index (χ4n) is 2.17. The lowest BCUT2D eigenvalue weighted by Crippen LogP contribution is -2.24. The number of ketones is 1. The minimum absolute atomic E-state index is 0.308. The molecule has 0 heterocycles. The van der Waals surface area contributed by atoms with Gasteiger partial charge in [-0.3, -0.25) is 4.79 Å². The maximum absolute atomic E-state index is 11.6. The van der Waals surface area contributed by atoms with Gasteiger partial charge < -0.3 is 0 Å². The maximum Gasteiger partial charge on any atom is 0.133 e. The summed E-state index contributed by atoms with van der Waals surface area (Å²) >= 11 is 0. The zero-order chi connectivity index (χ0) is 10.8. The van der Waals surface area contributed by atoms with E-state index < -0.39 is 0 Å². The van der Waals surface area contributed by atoms with Crippen LogP contribution in [0.3, 0.4) is 0 Å². The fourth-order valence-corrected chi connectivity index (χ4v) is 2.17. The van der Waals surface area contributed by atoms with Crippen LogP contribution in [0.5, 0.6) is 0 Å². The van der Waals surface area contributed by atoms with Crippen molar-refractivity contribution in [3.63, 3.8) is 0 Å². The van der Waals surface area contributed by atoms with Crippen molar-refractivity contribution in [1.29, 1.82) is 0 Å². The van der Waals surface area contributed by atoms with Crippen molar-refractivity contribution in [2.45, 2.75) is 59.8 Å². The van der Waals surface area contributed by atoms with E-state index in [0.29, 0.717) is 11.2 Å². The first kappa shape index (κ1) is 11.7. The third kappa shape index (κ3) is 4.26. The Balaban J connectivity index is 2.11. The van der Waals surface area contributed by atoms with Crippen LogP contribution in [0.4, 0.5) is 0 Å². The highest BCUT2D eigenvalue weighted by atomic mass is 16.1. The first-order valence-corrected chi connectivity index (χ1v) is 5.88. The van der Waals surface area contributed by atoms with Gasteiger partial charge in [-0.15, -0.1) is 0 Å². The summed E-state index contributed by atoms with van der Waals surface area (Å²) in [6.07, 6.45) is 5.23. The molecule has 1 nitrogen and oxygen atoms in total. The summed E-state index contributed by atoms with van der Waals surface area (Å²) in [5, 5.41) is 0. The van der Waals surface area contributed by atoms with Crippen molar-refractivity contribution in [3.05, 3.63) is 0 Å². The summed E-state index contributed by atoms with van der Waals surface area (Å²) in [7, 11) is 0. The molecule has 1 heteroatoms. The summed E-state index contributed by atoms with van der Waals surface area (Å²) in [6, 6.07) is 0. The minimum atomic E-state index is 0.308. The third-order valence-electron chi connectivity index (χ3n) is 3.14. The van der Waals surface area contributed by atoms with Crippen molar-refractivity contribution in [3.8, 4) is 0 Å². The van der Waals surface area contributed by atoms with E-state index in [1.165, 1.54) is 12.8 Å². The monoisotopic (exact) mass is 196 g/mol. The van der Waals surface area contributed by atoms with Crippen molar-refractivity contribution in [2.24, 2.45) is 17.3 Å². The van der Waals surface area contributed by atoms with Gasteiger partial charge in [0.2, 0.25) is 0 Å². The van der Waals surface area contributed by atoms with Gasteiger partial charge in [-0.25, -0.2) is 0 Å². The maximum atomic E-state index is 11.6. The molecule has 0 bridgehead atoms. The Hall–Kier alpha value is -0.330. The Bertz CT molecular complexity index is 194. The summed E-state index contributed by atoms with van der Waals surface area (Å²) in [5.74, 6) is 2.07. The zero-order valence-electron chi connectivity index (χ0n) is 10.1. The van der Waals surface area contributed by atoms with E-state index in [9.17, 15) is 4.79 Å². The number of hydrogen-bond acceptors (Lipinski definition) is 1. The normalized spacial score (nSPS) is 27.1. The van der Waals surface area contributed by atoms with Crippen LogP contribution in [0.2, 0.25) is 0 Å². The smallest absolute Gasteiger partial charge is 0.133 e. The molecule has 1 aliphatic rings. The molecule has 1 rings (SSSR count). The summed E-state index contributed by atoms with van der Waals surface area (Å²) < 4.78 is 0. The molecule has 1 fully saturated rings. The van der Waals surface area contributed by atoms with Gasteiger partial charge in [-0.1, -0.05) is 27.7 Å². The van der Waals surface area contributed by atoms with Crippen LogP contribution in [0.15, 0.2) is 0 Å². The van der Waals surface area contributed by atoms with Crippen LogP contribution in [-0.2, 0) is 4.79 Å². The standard InChI is InChI=1S/C13H24O/c1-10-7-11(8-10)9-12(14)5-6-13(2,3)4/h10-11H,5-9H2,1-4H3. The lowest BCUT2D eigenvalue weighted by Gasteiger charge is -2.32. The molecule has 0 aromatic carbocycles. The second-order valence-electron chi connectivity index (χ2n) is 6.25. The van der Waals surface area contributed by atoms with Gasteiger partial charge in [-0.05, 0) is 36.5 Å². The SMILES string of the molecule is CC1CC(CC(=O)CCC(C)(C)C)C1. The molecular weight excluding hydrogens is 172 g/mol. The Labute approximate surface area is 88.3 Å². The summed E-state index contributed by atoms with van der Waals surface area (Å²) in [4.78, 5) is 11.6. The van der Waals surface area contributed by atoms with Crippen LogP contribution < -0.4 is 0 Å². The number of rotatable bonds is 4. The molecule has 0 atom stereocenters. The van der Waals surface area contributed by atoms with E-state index in [0.717, 1.165) is 31.1 Å². The first-order chi connectivity index (χ1) is 6.37. The molecule has 82 valence electrons. The average molecular weight is 196 g/mol. The summed E-state index contributed by atoms with van der Waals surface area (Å²) in [5.41, 5.74) is 0.308. The highest BCUT2D eigenvalue weighted by Gasteiger charge is 2.27. The quantitative estimate of drug-likeness (QED) is 0.668. The van der Waals surface area contributed by atoms with Gasteiger partial charge in [0.1, 0.15) is 5.78 Å². The van der Waals surface area contributed by atoms with E-state index in [1.807, 2.05) is 0 Å². The Morgan fingerprint density at radius 2 is 1.86 bits per heavy atom. The molecule has 1 saturated carbocycles. The molecule has 0 amide bonds. The lowest BCUT2D eigenvalue weighted by atomic mass is 9.73. The van der Waals surface area contributed by atoms with Crippen molar-refractivity contribution in [2.75, 3.05) is 0 Å². The predicted octanol–water partition coefficient (Wildman–Crippen LogP) is 3.82. The van der Waals surface area contributed by atoms with Gasteiger partial charge in [0.25, 0.3) is 0 Å². The van der Waals surface area contributed by atoms with Crippen LogP contribution >= 0.6 is 0 Å². The molecular formula is C13H24O. The van der Waals surface area contributed by atoms with Gasteiger partial charge >= 0.3 is 0 Å². The number of carbonyl (C=O) groups excluding carboxylic acids is 1. The van der Waals surface area contributed by atoms with E-state index >= 15 is 0 Å². The number of Topliss-reactive ketones (excluding diaryl/α,β-unsaturated/α-hetero) is 1. The van der Waals surface area contributed by atoms with Crippen molar-refractivity contribution < 1.29 is 4.79 Å². The molecule has 0 radical (unpaired) electrons. The molecule has 0 aromatic rings. The first-order valence-electron chi connectivity index (χ1n) is 5.88. The van der Waals surface area contributed by atoms with Gasteiger partial charge in [0, 0.05) is 12.8 Å². The third-order valence-corrected chi connectivity index (χ3v) is 3.14. The van der Waals surface area contributed by atoms with Crippen LogP contribution in [-0.4, -0.2) is 5.78 Å². The highest BCUT2D eigenvalue weighted by Crippen LogP contribution is 2.36. The Morgan fingerprint density at radius 3 is 2.29 bits per heavy atom. The van der Waals surface area contributed by atoms with Crippen LogP contribution in [0.1, 0.15) is 59.8 Å². The second-order valence-corrected chi connectivity index (χ2v) is 6.25. The van der Waals surface area contributed by atoms with Crippen molar-refractivity contribution in [1.82, 2.24) is 0 Å². The number of hydrogen-bond donors (Lipinski definition) is 0. The Kier molecular flexibility index (Phi) is 3.74. The highest BCUT2D eigenvalue weighted by molar-refractivity contribution is 5.78. The van der Waals surface area contributed by atoms with E-state index in [1.54, 1.807) is 0 Å². The molecule has 0 aliphatic heterocycles. The van der Waals surface area contributed by atoms with Gasteiger partial charge in [0.15, 0.2) is 0 Å². The molecule has 0 N–H and O–H groups in total. The Morgan fingerprint density at radius 1 is 1.29 bits per heavy atom. The average Bonchev–Trinajstić information content (AvgIpc) is 1.97. The summed E-state index contributed by atoms with van der Waals surface area (Å²) in [6.45, 7) is 8.87. The zero-order valence-corrected chi connectivity index (χ0v) is 10.1. The van der Waals surface area contributed by atoms with E-state index in [4.69, 9.17) is 0 Å². The predicted molar refractivity (Wildman–Crippen MR) is 60.2 cm³/mol. The van der Waals surface area contributed by atoms with Crippen LogP contribution in [0.25, 0.3) is 0 Å². The second kappa shape index (κ2) is 4.46. The molecule has 1 aliphatic carbocycles. The topological polar surface area (TPSA) is 17.1 Å². The van der Waals surface area contributed by atoms with Gasteiger partial charge in [-0.2, -0.15) is 0 Å². The molecule has 14 heavy (non-hydrogen) atoms.